The normalized spacial score (nSPS) is 13.5. The summed E-state index contributed by atoms with van der Waals surface area (Å²) in [6.07, 6.45) is 2.58. The quantitative estimate of drug-likeness (QED) is 0.348. The third-order valence-corrected chi connectivity index (χ3v) is 5.99. The van der Waals surface area contributed by atoms with E-state index < -0.39 is 6.09 Å². The second-order valence-electron chi connectivity index (χ2n) is 8.81. The van der Waals surface area contributed by atoms with Crippen molar-refractivity contribution in [2.75, 3.05) is 5.32 Å². The van der Waals surface area contributed by atoms with Gasteiger partial charge in [0, 0.05) is 30.1 Å². The largest absolute Gasteiger partial charge is 0.447 e. The Bertz CT molecular complexity index is 1420. The van der Waals surface area contributed by atoms with E-state index in [0.29, 0.717) is 22.9 Å². The van der Waals surface area contributed by atoms with E-state index in [4.69, 9.17) is 13.9 Å². The maximum atomic E-state index is 11.9. The van der Waals surface area contributed by atoms with Crippen molar-refractivity contribution < 1.29 is 18.7 Å². The Morgan fingerprint density at radius 2 is 1.97 bits per heavy atom. The maximum Gasteiger partial charge on any atom is 0.420 e. The number of amides is 1. The summed E-state index contributed by atoms with van der Waals surface area (Å²) >= 11 is 0. The average molecular weight is 472 g/mol. The van der Waals surface area contributed by atoms with Gasteiger partial charge in [0.2, 0.25) is 5.89 Å². The van der Waals surface area contributed by atoms with Crippen molar-refractivity contribution in [1.29, 1.82) is 5.26 Å². The molecule has 1 saturated carbocycles. The van der Waals surface area contributed by atoms with Crippen molar-refractivity contribution in [2.45, 2.75) is 52.2 Å². The summed E-state index contributed by atoms with van der Waals surface area (Å²) in [5, 5.41) is 21.4. The van der Waals surface area contributed by atoms with E-state index in [-0.39, 0.29) is 18.2 Å². The molecule has 1 amide bonds. The molecular weight excluding hydrogens is 446 g/mol. The van der Waals surface area contributed by atoms with Gasteiger partial charge in [0.25, 0.3) is 0 Å². The lowest BCUT2D eigenvalue weighted by atomic mass is 9.92. The van der Waals surface area contributed by atoms with E-state index in [1.807, 2.05) is 36.4 Å². The van der Waals surface area contributed by atoms with Crippen LogP contribution in [0.3, 0.4) is 0 Å². The summed E-state index contributed by atoms with van der Waals surface area (Å²) in [5.74, 6) is 0.974. The molecule has 2 aromatic carbocycles. The molecule has 0 spiro atoms. The third-order valence-electron chi connectivity index (χ3n) is 5.99. The van der Waals surface area contributed by atoms with E-state index in [1.165, 1.54) is 0 Å². The SMILES string of the molecule is Cc1nnc(Oc2ccc3c(C#N)c(-c4ccc(NC(=O)OC(C)C)cc4)n(C4CCC4)c3c2)o1. The molecule has 35 heavy (non-hydrogen) atoms. The van der Waals surface area contributed by atoms with Gasteiger partial charge in [-0.25, -0.2) is 4.79 Å². The molecule has 1 aliphatic carbocycles. The van der Waals surface area contributed by atoms with Crippen molar-refractivity contribution in [2.24, 2.45) is 0 Å². The summed E-state index contributed by atoms with van der Waals surface area (Å²) in [6.45, 7) is 5.29. The van der Waals surface area contributed by atoms with Gasteiger partial charge in [-0.05, 0) is 62.9 Å². The average Bonchev–Trinajstić information content (AvgIpc) is 3.33. The fraction of sp³-hybridized carbons (Fsp3) is 0.308. The van der Waals surface area contributed by atoms with Crippen molar-refractivity contribution in [1.82, 2.24) is 14.8 Å². The van der Waals surface area contributed by atoms with E-state index >= 15 is 0 Å². The summed E-state index contributed by atoms with van der Waals surface area (Å²) in [7, 11) is 0. The molecule has 1 aliphatic rings. The van der Waals surface area contributed by atoms with Gasteiger partial charge in [0.15, 0.2) is 0 Å². The highest BCUT2D eigenvalue weighted by Gasteiger charge is 2.28. The zero-order valence-electron chi connectivity index (χ0n) is 19.7. The number of ether oxygens (including phenoxy) is 2. The highest BCUT2D eigenvalue weighted by atomic mass is 16.6. The molecule has 0 unspecified atom stereocenters. The van der Waals surface area contributed by atoms with Crippen LogP contribution in [0.25, 0.3) is 22.2 Å². The molecule has 5 rings (SSSR count). The first-order valence-corrected chi connectivity index (χ1v) is 11.6. The van der Waals surface area contributed by atoms with Gasteiger partial charge in [-0.3, -0.25) is 5.32 Å². The highest BCUT2D eigenvalue weighted by molar-refractivity contribution is 5.96. The Kier molecular flexibility index (Phi) is 5.87. The van der Waals surface area contributed by atoms with Crippen molar-refractivity contribution in [3.05, 3.63) is 53.9 Å². The van der Waals surface area contributed by atoms with Crippen LogP contribution in [0.1, 0.15) is 50.6 Å². The van der Waals surface area contributed by atoms with Crippen LogP contribution in [-0.2, 0) is 4.74 Å². The standard InChI is InChI=1S/C26H25N5O4/c1-15(2)33-25(32)28-18-9-7-17(8-10-18)24-22(14-27)21-12-11-20(35-26-30-29-16(3)34-26)13-23(21)31(24)19-5-4-6-19/h7-13,15,19H,4-6H2,1-3H3,(H,28,32). The number of nitrogens with one attached hydrogen (secondary N) is 1. The zero-order chi connectivity index (χ0) is 24.5. The molecule has 1 N–H and O–H groups in total. The Hall–Kier alpha value is -4.32. The topological polar surface area (TPSA) is 115 Å². The van der Waals surface area contributed by atoms with E-state index in [9.17, 15) is 10.1 Å². The minimum Gasteiger partial charge on any atom is -0.447 e. The predicted molar refractivity (Wildman–Crippen MR) is 129 cm³/mol. The van der Waals surface area contributed by atoms with E-state index in [0.717, 1.165) is 41.4 Å². The lowest BCUT2D eigenvalue weighted by molar-refractivity contribution is 0.130. The number of rotatable bonds is 6. The van der Waals surface area contributed by atoms with Crippen LogP contribution in [0.5, 0.6) is 11.8 Å². The zero-order valence-corrected chi connectivity index (χ0v) is 19.7. The molecule has 2 aromatic heterocycles. The number of nitriles is 1. The van der Waals surface area contributed by atoms with Gasteiger partial charge in [-0.15, -0.1) is 5.10 Å². The number of carbonyl (C=O) groups excluding carboxylic acids is 1. The van der Waals surface area contributed by atoms with Crippen LogP contribution in [0, 0.1) is 18.3 Å². The van der Waals surface area contributed by atoms with Gasteiger partial charge >= 0.3 is 12.2 Å². The molecule has 0 aliphatic heterocycles. The van der Waals surface area contributed by atoms with Crippen LogP contribution < -0.4 is 10.1 Å². The number of hydrogen-bond acceptors (Lipinski definition) is 7. The number of anilines is 1. The van der Waals surface area contributed by atoms with Gasteiger partial charge in [0.1, 0.15) is 11.8 Å². The Balaban J connectivity index is 1.55. The molecule has 0 bridgehead atoms. The number of carbonyl (C=O) groups is 1. The lowest BCUT2D eigenvalue weighted by Crippen LogP contribution is -2.18. The number of benzene rings is 2. The Labute approximate surface area is 202 Å². The number of aryl methyl sites for hydroxylation is 1. The minimum atomic E-state index is -0.502. The molecule has 9 nitrogen and oxygen atoms in total. The number of fused-ring (bicyclic) bond motifs is 1. The van der Waals surface area contributed by atoms with Crippen LogP contribution in [0.15, 0.2) is 46.9 Å². The van der Waals surface area contributed by atoms with Crippen LogP contribution in [0.4, 0.5) is 10.5 Å². The summed E-state index contributed by atoms with van der Waals surface area (Å²) in [4.78, 5) is 11.9. The van der Waals surface area contributed by atoms with E-state index in [1.54, 1.807) is 26.8 Å². The Morgan fingerprint density at radius 1 is 1.20 bits per heavy atom. The summed E-state index contributed by atoms with van der Waals surface area (Å²) in [5.41, 5.74) is 3.89. The second-order valence-corrected chi connectivity index (χ2v) is 8.81. The lowest BCUT2D eigenvalue weighted by Gasteiger charge is -2.30. The molecule has 178 valence electrons. The monoisotopic (exact) mass is 471 g/mol. The van der Waals surface area contributed by atoms with Crippen LogP contribution in [0.2, 0.25) is 0 Å². The first-order chi connectivity index (χ1) is 16.9. The number of aromatic nitrogens is 3. The van der Waals surface area contributed by atoms with Crippen molar-refractivity contribution in [3.63, 3.8) is 0 Å². The first-order valence-electron chi connectivity index (χ1n) is 11.6. The van der Waals surface area contributed by atoms with Crippen LogP contribution >= 0.6 is 0 Å². The molecule has 9 heteroatoms. The van der Waals surface area contributed by atoms with Crippen molar-refractivity contribution >= 4 is 22.7 Å². The van der Waals surface area contributed by atoms with E-state index in [2.05, 4.69) is 26.2 Å². The van der Waals surface area contributed by atoms with Gasteiger partial charge in [0.05, 0.1) is 22.9 Å². The second kappa shape index (κ2) is 9.14. The third kappa shape index (κ3) is 4.43. The van der Waals surface area contributed by atoms with Gasteiger partial charge in [-0.2, -0.15) is 5.26 Å². The molecule has 1 fully saturated rings. The molecule has 0 radical (unpaired) electrons. The first kappa shape index (κ1) is 22.5. The maximum absolute atomic E-state index is 11.9. The minimum absolute atomic E-state index is 0.0726. The fourth-order valence-electron chi connectivity index (χ4n) is 4.27. The smallest absolute Gasteiger partial charge is 0.420 e. The summed E-state index contributed by atoms with van der Waals surface area (Å²) in [6, 6.07) is 15.7. The van der Waals surface area contributed by atoms with Gasteiger partial charge in [-0.1, -0.05) is 17.2 Å². The van der Waals surface area contributed by atoms with Gasteiger partial charge < -0.3 is 18.5 Å². The molecule has 4 aromatic rings. The molecule has 0 atom stereocenters. The predicted octanol–water partition coefficient (Wildman–Crippen LogP) is 6.35. The summed E-state index contributed by atoms with van der Waals surface area (Å²) < 4.78 is 18.5. The fourth-order valence-corrected chi connectivity index (χ4v) is 4.27. The highest BCUT2D eigenvalue weighted by Crippen LogP contribution is 2.43. The molecule has 2 heterocycles. The van der Waals surface area contributed by atoms with Crippen LogP contribution in [-0.4, -0.2) is 27.0 Å². The van der Waals surface area contributed by atoms with Crippen molar-refractivity contribution in [3.8, 4) is 29.2 Å². The molecule has 0 saturated heterocycles. The number of nitrogens with zero attached hydrogens (tertiary/aromatic N) is 4. The Morgan fingerprint density at radius 3 is 2.57 bits per heavy atom. The molecular formula is C26H25N5O4. The number of hydrogen-bond donors (Lipinski definition) is 1.